The highest BCUT2D eigenvalue weighted by molar-refractivity contribution is 6.39. The van der Waals surface area contributed by atoms with Crippen LogP contribution in [0.4, 0.5) is 0 Å². The van der Waals surface area contributed by atoms with Gasteiger partial charge in [0, 0.05) is 64.4 Å². The monoisotopic (exact) mass is 970 g/mol. The summed E-state index contributed by atoms with van der Waals surface area (Å²) in [6, 6.07) is -1.13. The molecule has 0 aromatic carbocycles. The Kier molecular flexibility index (Phi) is 21.3. The van der Waals surface area contributed by atoms with E-state index in [1.165, 1.54) is 12.0 Å². The summed E-state index contributed by atoms with van der Waals surface area (Å²) < 4.78 is 30.0. The number of carbonyl (C=O) groups is 5. The average Bonchev–Trinajstić information content (AvgIpc) is 3.88. The highest BCUT2D eigenvalue weighted by Crippen LogP contribution is 2.41. The van der Waals surface area contributed by atoms with Crippen molar-refractivity contribution in [3.8, 4) is 0 Å². The van der Waals surface area contributed by atoms with Crippen LogP contribution in [0, 0.1) is 35.5 Å². The summed E-state index contributed by atoms with van der Waals surface area (Å²) in [5.41, 5.74) is 1.41. The summed E-state index contributed by atoms with van der Waals surface area (Å²) in [5.74, 6) is -6.90. The SMILES string of the molecule is CO[C@H]1C[C@@H]2CC[C@@H](C)[C@@](O)(O2)C(=O)C(=O)N2CCCC[C@H]2C(=O)O[C@H]([C@H](C)C[C@@H]2CC[C@H](c3nn[nH]n3)[C@H](OC)C2)CC(=O)[C@H](C)/C=C(\C)[C@@H](O)[C@@H](OC)C(=O)[C@H](C)C[C@H](C)CCCC/C=C/1C. The van der Waals surface area contributed by atoms with Crippen molar-refractivity contribution < 1.29 is 57.9 Å². The minimum atomic E-state index is -2.41. The van der Waals surface area contributed by atoms with Crippen molar-refractivity contribution in [2.45, 2.75) is 206 Å². The number of esters is 1. The lowest BCUT2D eigenvalue weighted by molar-refractivity contribution is -0.265. The first-order valence-electron chi connectivity index (χ1n) is 25.7. The summed E-state index contributed by atoms with van der Waals surface area (Å²) in [6.07, 6.45) is 8.99. The number of piperidine rings is 1. The molecule has 0 radical (unpaired) electrons. The smallest absolute Gasteiger partial charge is 0.329 e. The molecule has 15 atom stereocenters. The van der Waals surface area contributed by atoms with Gasteiger partial charge in [0.1, 0.15) is 30.1 Å². The van der Waals surface area contributed by atoms with E-state index in [-0.39, 0.29) is 72.8 Å². The number of H-pyrrole nitrogens is 1. The fraction of sp³-hybridized carbons (Fsp3) is 0.808. The zero-order valence-electron chi connectivity index (χ0n) is 43.0. The number of nitrogens with one attached hydrogen (secondary N) is 1. The third-order valence-corrected chi connectivity index (χ3v) is 15.8. The van der Waals surface area contributed by atoms with E-state index in [0.717, 1.165) is 44.1 Å². The Labute approximate surface area is 409 Å². The molecular weight excluding hydrogens is 887 g/mol. The molecule has 3 N–H and O–H groups in total. The van der Waals surface area contributed by atoms with Crippen molar-refractivity contribution in [1.82, 2.24) is 25.5 Å². The molecule has 2 saturated heterocycles. The van der Waals surface area contributed by atoms with Crippen LogP contribution in [0.2, 0.25) is 0 Å². The van der Waals surface area contributed by atoms with E-state index in [9.17, 15) is 34.2 Å². The maximum atomic E-state index is 14.5. The molecule has 388 valence electrons. The predicted octanol–water partition coefficient (Wildman–Crippen LogP) is 6.56. The number of hydrogen-bond donors (Lipinski definition) is 3. The number of carbonyl (C=O) groups excluding carboxylic acids is 5. The first kappa shape index (κ1) is 56.2. The Morgan fingerprint density at radius 2 is 1.62 bits per heavy atom. The number of allylic oxidation sites excluding steroid dienone is 2. The van der Waals surface area contributed by atoms with Gasteiger partial charge in [0.05, 0.1) is 18.3 Å². The molecule has 17 heteroatoms. The van der Waals surface area contributed by atoms with Crippen molar-refractivity contribution in [2.75, 3.05) is 27.9 Å². The van der Waals surface area contributed by atoms with Crippen LogP contribution in [0.5, 0.6) is 0 Å². The molecule has 4 heterocycles. The largest absolute Gasteiger partial charge is 0.460 e. The van der Waals surface area contributed by atoms with Crippen LogP contribution in [-0.2, 0) is 47.7 Å². The van der Waals surface area contributed by atoms with E-state index in [1.807, 2.05) is 20.8 Å². The number of amides is 1. The van der Waals surface area contributed by atoms with Gasteiger partial charge in [0.2, 0.25) is 5.79 Å². The number of aliphatic hydroxyl groups is 2. The van der Waals surface area contributed by atoms with E-state index in [2.05, 4.69) is 33.6 Å². The van der Waals surface area contributed by atoms with Crippen molar-refractivity contribution in [2.24, 2.45) is 35.5 Å². The highest BCUT2D eigenvalue weighted by atomic mass is 16.6. The molecule has 1 aromatic rings. The zero-order valence-corrected chi connectivity index (χ0v) is 43.0. The first-order chi connectivity index (χ1) is 32.8. The Morgan fingerprint density at radius 3 is 2.30 bits per heavy atom. The van der Waals surface area contributed by atoms with Crippen LogP contribution in [0.15, 0.2) is 23.3 Å². The van der Waals surface area contributed by atoms with Gasteiger partial charge in [-0.25, -0.2) is 4.79 Å². The molecule has 4 aliphatic rings. The van der Waals surface area contributed by atoms with Gasteiger partial charge in [0.25, 0.3) is 11.7 Å². The summed E-state index contributed by atoms with van der Waals surface area (Å²) in [6.45, 7) is 13.1. The lowest BCUT2D eigenvalue weighted by Gasteiger charge is -2.42. The Bertz CT molecular complexity index is 1930. The van der Waals surface area contributed by atoms with Gasteiger partial charge in [-0.2, -0.15) is 5.21 Å². The van der Waals surface area contributed by atoms with Crippen molar-refractivity contribution in [3.63, 3.8) is 0 Å². The van der Waals surface area contributed by atoms with Crippen LogP contribution in [-0.4, -0.2) is 141 Å². The minimum Gasteiger partial charge on any atom is -0.460 e. The standard InChI is InChI=1S/C52H83N5O12/c1-30-16-12-11-13-17-31(2)42(65-8)28-38-21-19-36(7)52(64,69-38)48(61)50(62)57-23-15-14-18-40(57)51(63)68-43(33(4)26-37-20-22-39(44(27-37)66-9)49-53-55-56-54-49)29-41(58)32(3)25-35(6)46(60)47(67-10)45(59)34(5)24-30/h17,25,30,32-34,36-40,42-44,46-47,60,64H,11-16,18-24,26-29H2,1-10H3,(H,53,54,55,56)/b31-17+,35-25+/t30-,32-,33-,34-,36-,37+,38+,39+,40+,42+,43+,44-,46-,47+,52-/m1/s1. The Morgan fingerprint density at radius 1 is 0.884 bits per heavy atom. The van der Waals surface area contributed by atoms with Gasteiger partial charge in [-0.15, -0.1) is 10.2 Å². The number of cyclic esters (lactones) is 1. The van der Waals surface area contributed by atoms with E-state index in [4.69, 9.17) is 23.7 Å². The lowest BCUT2D eigenvalue weighted by Crippen LogP contribution is -2.61. The van der Waals surface area contributed by atoms with Crippen molar-refractivity contribution in [3.05, 3.63) is 29.1 Å². The number of tetrazole rings is 1. The van der Waals surface area contributed by atoms with Crippen LogP contribution in [0.1, 0.15) is 163 Å². The molecule has 1 aromatic heterocycles. The molecule has 2 bridgehead atoms. The number of Topliss-reactive ketones (excluding diaryl/α,β-unsaturated/α-hetero) is 3. The Balaban J connectivity index is 1.44. The highest BCUT2D eigenvalue weighted by Gasteiger charge is 2.53. The molecule has 1 aliphatic carbocycles. The van der Waals surface area contributed by atoms with Gasteiger partial charge in [-0.3, -0.25) is 19.2 Å². The number of nitrogens with zero attached hydrogens (tertiary/aromatic N) is 4. The van der Waals surface area contributed by atoms with E-state index >= 15 is 0 Å². The third kappa shape index (κ3) is 14.5. The maximum Gasteiger partial charge on any atom is 0.329 e. The molecule has 1 amide bonds. The number of ketones is 3. The number of aromatic amines is 1. The molecule has 17 nitrogen and oxygen atoms in total. The maximum absolute atomic E-state index is 14.5. The molecular formula is C52H83N5O12. The van der Waals surface area contributed by atoms with Crippen LogP contribution in [0.25, 0.3) is 0 Å². The fourth-order valence-corrected chi connectivity index (χ4v) is 11.3. The fourth-order valence-electron chi connectivity index (χ4n) is 11.3. The molecule has 0 unspecified atom stereocenters. The normalized spacial score (nSPS) is 38.3. The molecule has 5 rings (SSSR count). The first-order valence-corrected chi connectivity index (χ1v) is 25.7. The number of fused-ring (bicyclic) bond motifs is 3. The summed E-state index contributed by atoms with van der Waals surface area (Å²) in [7, 11) is 4.68. The predicted molar refractivity (Wildman–Crippen MR) is 256 cm³/mol. The lowest BCUT2D eigenvalue weighted by atomic mass is 9.75. The molecule has 1 saturated carbocycles. The molecule has 3 aliphatic heterocycles. The summed E-state index contributed by atoms with van der Waals surface area (Å²) >= 11 is 0. The molecule has 3 fully saturated rings. The van der Waals surface area contributed by atoms with E-state index < -0.39 is 65.7 Å². The van der Waals surface area contributed by atoms with Gasteiger partial charge in [-0.1, -0.05) is 64.8 Å². The number of aliphatic hydroxyl groups excluding tert-OH is 1. The summed E-state index contributed by atoms with van der Waals surface area (Å²) in [5, 5.41) is 38.2. The number of ether oxygens (including phenoxy) is 5. The van der Waals surface area contributed by atoms with Crippen LogP contribution in [0.3, 0.4) is 0 Å². The summed E-state index contributed by atoms with van der Waals surface area (Å²) in [4.78, 5) is 72.4. The molecule has 0 spiro atoms. The van der Waals surface area contributed by atoms with E-state index in [1.54, 1.807) is 41.1 Å². The van der Waals surface area contributed by atoms with Crippen LogP contribution < -0.4 is 0 Å². The number of aromatic nitrogens is 4. The topological polar surface area (TPSA) is 230 Å². The van der Waals surface area contributed by atoms with Gasteiger partial charge in [0.15, 0.2) is 11.6 Å². The van der Waals surface area contributed by atoms with Gasteiger partial charge in [-0.05, 0) is 120 Å². The number of hydrogen-bond acceptors (Lipinski definition) is 15. The zero-order chi connectivity index (χ0) is 50.6. The second-order valence-corrected chi connectivity index (χ2v) is 21.1. The third-order valence-electron chi connectivity index (χ3n) is 15.8. The number of rotatable bonds is 7. The van der Waals surface area contributed by atoms with Crippen molar-refractivity contribution >= 4 is 29.2 Å². The number of methoxy groups -OCH3 is 3. The minimum absolute atomic E-state index is 0.0434. The second-order valence-electron chi connectivity index (χ2n) is 21.1. The Hall–Kier alpha value is -3.74. The van der Waals surface area contributed by atoms with Crippen LogP contribution >= 0.6 is 0 Å². The quantitative estimate of drug-likeness (QED) is 0.149. The molecule has 69 heavy (non-hydrogen) atoms. The van der Waals surface area contributed by atoms with Crippen molar-refractivity contribution in [1.29, 1.82) is 0 Å². The second kappa shape index (κ2) is 26.1. The van der Waals surface area contributed by atoms with Gasteiger partial charge >= 0.3 is 5.97 Å². The van der Waals surface area contributed by atoms with Gasteiger partial charge < -0.3 is 38.8 Å². The average molecular weight is 970 g/mol. The van der Waals surface area contributed by atoms with E-state index in [0.29, 0.717) is 62.8 Å².